The minimum Gasteiger partial charge on any atom is -0.456 e. The summed E-state index contributed by atoms with van der Waals surface area (Å²) in [4.78, 5) is 2.33. The first kappa shape index (κ1) is 33.0. The molecule has 1 atom stereocenters. The lowest BCUT2D eigenvalue weighted by Crippen LogP contribution is -2.28. The number of benzene rings is 9. The summed E-state index contributed by atoms with van der Waals surface area (Å²) in [5, 5.41) is 2.27. The van der Waals surface area contributed by atoms with Gasteiger partial charge in [0, 0.05) is 33.4 Å². The van der Waals surface area contributed by atoms with E-state index in [0.717, 1.165) is 50.1 Å². The predicted octanol–water partition coefficient (Wildman–Crippen LogP) is 14.8. The van der Waals surface area contributed by atoms with Crippen LogP contribution < -0.4 is 4.90 Å². The van der Waals surface area contributed by atoms with Crippen LogP contribution in [0.1, 0.15) is 22.3 Å². The number of anilines is 3. The molecule has 0 N–H and O–H groups in total. The maximum atomic E-state index is 6.82. The minimum atomic E-state index is -0.605. The number of fused-ring (bicyclic) bond motifs is 6. The van der Waals surface area contributed by atoms with E-state index in [-0.39, 0.29) is 0 Å². The van der Waals surface area contributed by atoms with E-state index in [1.165, 1.54) is 44.5 Å². The third-order valence-corrected chi connectivity index (χ3v) is 11.8. The zero-order chi connectivity index (χ0) is 37.8. The Morgan fingerprint density at radius 1 is 0.333 bits per heavy atom. The SMILES string of the molecule is c1ccc(-c2ccc(N(c3ccccc3)c3ccc(-c4ccc5c(c4)C(c4ccccc4)(c4cccc6c4oc4ccccc46)c4ccccc4-5)cc3)cc2)cc1. The van der Waals surface area contributed by atoms with Gasteiger partial charge in [-0.05, 0) is 98.6 Å². The van der Waals surface area contributed by atoms with Crippen LogP contribution in [-0.4, -0.2) is 0 Å². The van der Waals surface area contributed by atoms with Crippen LogP contribution in [0, 0.1) is 0 Å². The molecule has 2 heteroatoms. The van der Waals surface area contributed by atoms with Gasteiger partial charge in [0.15, 0.2) is 0 Å². The zero-order valence-corrected chi connectivity index (χ0v) is 31.2. The lowest BCUT2D eigenvalue weighted by Gasteiger charge is -2.34. The van der Waals surface area contributed by atoms with Crippen molar-refractivity contribution in [2.45, 2.75) is 5.41 Å². The van der Waals surface area contributed by atoms with E-state index in [1.54, 1.807) is 0 Å². The highest BCUT2D eigenvalue weighted by molar-refractivity contribution is 6.07. The van der Waals surface area contributed by atoms with Crippen molar-refractivity contribution < 1.29 is 4.42 Å². The molecule has 0 aliphatic heterocycles. The van der Waals surface area contributed by atoms with Gasteiger partial charge in [-0.1, -0.05) is 176 Å². The molecule has 1 aliphatic carbocycles. The molecule has 11 rings (SSSR count). The van der Waals surface area contributed by atoms with E-state index < -0.39 is 5.41 Å². The number of rotatable bonds is 7. The van der Waals surface area contributed by atoms with Crippen LogP contribution in [0.2, 0.25) is 0 Å². The normalized spacial score (nSPS) is 14.4. The number of hydrogen-bond donors (Lipinski definition) is 0. The Morgan fingerprint density at radius 3 is 1.58 bits per heavy atom. The summed E-state index contributed by atoms with van der Waals surface area (Å²) in [6, 6.07) is 81.0. The molecule has 0 radical (unpaired) electrons. The van der Waals surface area contributed by atoms with Crippen molar-refractivity contribution in [3.05, 3.63) is 247 Å². The Kier molecular flexibility index (Phi) is 7.75. The minimum absolute atomic E-state index is 0.605. The van der Waals surface area contributed by atoms with Crippen LogP contribution in [-0.2, 0) is 5.41 Å². The van der Waals surface area contributed by atoms with Gasteiger partial charge in [-0.15, -0.1) is 0 Å². The first-order chi connectivity index (χ1) is 28.3. The summed E-state index contributed by atoms with van der Waals surface area (Å²) in [6.07, 6.45) is 0. The van der Waals surface area contributed by atoms with Gasteiger partial charge in [-0.2, -0.15) is 0 Å². The summed E-state index contributed by atoms with van der Waals surface area (Å²) in [5.74, 6) is 0. The first-order valence-corrected chi connectivity index (χ1v) is 19.6. The number of para-hydroxylation sites is 3. The van der Waals surface area contributed by atoms with Crippen molar-refractivity contribution >= 4 is 39.0 Å². The van der Waals surface area contributed by atoms with Crippen LogP contribution in [0.3, 0.4) is 0 Å². The van der Waals surface area contributed by atoms with Gasteiger partial charge in [0.1, 0.15) is 11.2 Å². The van der Waals surface area contributed by atoms with E-state index in [9.17, 15) is 0 Å². The summed E-state index contributed by atoms with van der Waals surface area (Å²) in [7, 11) is 0. The largest absolute Gasteiger partial charge is 0.456 e. The van der Waals surface area contributed by atoms with Gasteiger partial charge in [0.2, 0.25) is 0 Å². The molecule has 9 aromatic carbocycles. The average Bonchev–Trinajstić information content (AvgIpc) is 3.82. The second-order valence-electron chi connectivity index (χ2n) is 14.8. The van der Waals surface area contributed by atoms with E-state index in [4.69, 9.17) is 4.42 Å². The molecular weight excluding hydrogens is 691 g/mol. The second-order valence-corrected chi connectivity index (χ2v) is 14.8. The maximum Gasteiger partial charge on any atom is 0.140 e. The molecule has 10 aromatic rings. The molecule has 2 nitrogen and oxygen atoms in total. The third-order valence-electron chi connectivity index (χ3n) is 11.8. The molecule has 0 bridgehead atoms. The van der Waals surface area contributed by atoms with E-state index in [1.807, 2.05) is 0 Å². The number of nitrogens with zero attached hydrogens (tertiary/aromatic N) is 1. The zero-order valence-electron chi connectivity index (χ0n) is 31.2. The summed E-state index contributed by atoms with van der Waals surface area (Å²) in [6.45, 7) is 0. The van der Waals surface area contributed by atoms with Gasteiger partial charge >= 0.3 is 0 Å². The van der Waals surface area contributed by atoms with Gasteiger partial charge in [-0.25, -0.2) is 0 Å². The molecule has 0 amide bonds. The first-order valence-electron chi connectivity index (χ1n) is 19.6. The topological polar surface area (TPSA) is 16.4 Å². The lowest BCUT2D eigenvalue weighted by atomic mass is 9.67. The van der Waals surface area contributed by atoms with Crippen LogP contribution in [0.5, 0.6) is 0 Å². The molecule has 1 unspecified atom stereocenters. The standard InChI is InChI=1S/C55H37NO/c1-4-15-38(16-5-1)39-27-32-44(33-28-39)56(43-19-8-3-9-20-43)45-34-29-40(30-35-45)41-31-36-47-46-21-10-12-24-50(46)55(52(47)37-41,42-17-6-2-7-18-42)51-25-14-23-49-48-22-11-13-26-53(48)57-54(49)51/h1-37H. The van der Waals surface area contributed by atoms with Gasteiger partial charge in [0.05, 0.1) is 5.41 Å². The quantitative estimate of drug-likeness (QED) is 0.163. The van der Waals surface area contributed by atoms with Crippen LogP contribution in [0.4, 0.5) is 17.1 Å². The predicted molar refractivity (Wildman–Crippen MR) is 237 cm³/mol. The van der Waals surface area contributed by atoms with Crippen LogP contribution in [0.15, 0.2) is 229 Å². The smallest absolute Gasteiger partial charge is 0.140 e. The maximum absolute atomic E-state index is 6.82. The molecule has 1 aromatic heterocycles. The van der Waals surface area contributed by atoms with Crippen molar-refractivity contribution in [1.29, 1.82) is 0 Å². The van der Waals surface area contributed by atoms with Crippen molar-refractivity contribution in [1.82, 2.24) is 0 Å². The van der Waals surface area contributed by atoms with Crippen molar-refractivity contribution in [2.75, 3.05) is 4.90 Å². The Bertz CT molecular complexity index is 3040. The fourth-order valence-corrected chi connectivity index (χ4v) is 9.21. The Labute approximate surface area is 332 Å². The highest BCUT2D eigenvalue weighted by atomic mass is 16.3. The van der Waals surface area contributed by atoms with Crippen LogP contribution in [0.25, 0.3) is 55.3 Å². The monoisotopic (exact) mass is 727 g/mol. The van der Waals surface area contributed by atoms with E-state index in [2.05, 4.69) is 229 Å². The molecule has 268 valence electrons. The Hall–Kier alpha value is -7.42. The van der Waals surface area contributed by atoms with E-state index in [0.29, 0.717) is 0 Å². The number of furan rings is 1. The number of hydrogen-bond acceptors (Lipinski definition) is 2. The average molecular weight is 728 g/mol. The molecule has 1 heterocycles. The molecule has 1 aliphatic rings. The van der Waals surface area contributed by atoms with Gasteiger partial charge < -0.3 is 9.32 Å². The highest BCUT2D eigenvalue weighted by Gasteiger charge is 2.47. The summed E-state index contributed by atoms with van der Waals surface area (Å²) in [5.41, 5.74) is 16.7. The van der Waals surface area contributed by atoms with Crippen molar-refractivity contribution in [3.8, 4) is 33.4 Å². The molecule has 0 saturated carbocycles. The van der Waals surface area contributed by atoms with E-state index >= 15 is 0 Å². The van der Waals surface area contributed by atoms with Crippen molar-refractivity contribution in [2.24, 2.45) is 0 Å². The van der Waals surface area contributed by atoms with Crippen LogP contribution >= 0.6 is 0 Å². The lowest BCUT2D eigenvalue weighted by molar-refractivity contribution is 0.648. The third kappa shape index (κ3) is 5.26. The fraction of sp³-hybridized carbons (Fsp3) is 0.0182. The summed E-state index contributed by atoms with van der Waals surface area (Å²) < 4.78 is 6.82. The Morgan fingerprint density at radius 2 is 0.842 bits per heavy atom. The van der Waals surface area contributed by atoms with Gasteiger partial charge in [0.25, 0.3) is 0 Å². The molecule has 57 heavy (non-hydrogen) atoms. The summed E-state index contributed by atoms with van der Waals surface area (Å²) >= 11 is 0. The van der Waals surface area contributed by atoms with Crippen molar-refractivity contribution in [3.63, 3.8) is 0 Å². The molecule has 0 saturated heterocycles. The highest BCUT2D eigenvalue weighted by Crippen LogP contribution is 2.58. The fourth-order valence-electron chi connectivity index (χ4n) is 9.21. The van der Waals surface area contributed by atoms with Gasteiger partial charge in [-0.3, -0.25) is 0 Å². The molecular formula is C55H37NO. The Balaban J connectivity index is 1.06. The second kappa shape index (κ2) is 13.4. The molecule has 0 fully saturated rings. The molecule has 0 spiro atoms.